The van der Waals surface area contributed by atoms with E-state index < -0.39 is 0 Å². The van der Waals surface area contributed by atoms with Crippen LogP contribution in [0.15, 0.2) is 91.0 Å². The first-order valence-corrected chi connectivity index (χ1v) is 10.4. The van der Waals surface area contributed by atoms with E-state index in [9.17, 15) is 0 Å². The Morgan fingerprint density at radius 2 is 1.27 bits per heavy atom. The molecule has 0 radical (unpaired) electrons. The Balaban J connectivity index is 1.93. The van der Waals surface area contributed by atoms with Crippen molar-refractivity contribution in [3.63, 3.8) is 0 Å². The molecule has 2 heteroatoms. The topological polar surface area (TPSA) is 20.2 Å². The Morgan fingerprint density at radius 3 is 2.23 bits per heavy atom. The molecule has 30 heavy (non-hydrogen) atoms. The van der Waals surface area contributed by atoms with Crippen LogP contribution in [0.4, 0.5) is 0 Å². The Hall–Kier alpha value is -4.04. The molecule has 0 saturated heterocycles. The van der Waals surface area contributed by atoms with E-state index in [2.05, 4.69) is 100 Å². The fourth-order valence-electron chi connectivity index (χ4n) is 5.67. The summed E-state index contributed by atoms with van der Waals surface area (Å²) in [4.78, 5) is 3.68. The molecular formula is C28H16N2. The number of aromatic amines is 1. The molecule has 0 aliphatic rings. The molecule has 0 bridgehead atoms. The van der Waals surface area contributed by atoms with Gasteiger partial charge in [0.1, 0.15) is 0 Å². The number of nitrogens with one attached hydrogen (secondary N) is 1. The van der Waals surface area contributed by atoms with E-state index in [1.807, 2.05) is 0 Å². The summed E-state index contributed by atoms with van der Waals surface area (Å²) in [5.41, 5.74) is 6.23. The van der Waals surface area contributed by atoms with Gasteiger partial charge in [-0.05, 0) is 40.4 Å². The van der Waals surface area contributed by atoms with Crippen molar-refractivity contribution < 1.29 is 0 Å². The number of para-hydroxylation sites is 1. The lowest BCUT2D eigenvalue weighted by atomic mass is 10.00. The molecular weight excluding hydrogens is 364 g/mol. The highest BCUT2D eigenvalue weighted by molar-refractivity contribution is 6.34. The molecule has 0 amide bonds. The zero-order chi connectivity index (χ0) is 19.4. The Bertz CT molecular complexity index is 1940. The molecule has 3 heterocycles. The van der Waals surface area contributed by atoms with Crippen LogP contribution in [0.1, 0.15) is 0 Å². The Labute approximate surface area is 171 Å². The number of aromatic nitrogens is 2. The molecule has 0 aliphatic heterocycles. The van der Waals surface area contributed by atoms with Gasteiger partial charge in [-0.15, -0.1) is 0 Å². The first-order chi connectivity index (χ1) is 14.9. The van der Waals surface area contributed by atoms with Crippen LogP contribution in [0, 0.1) is 0 Å². The average Bonchev–Trinajstić information content (AvgIpc) is 3.29. The molecule has 0 saturated carbocycles. The fourth-order valence-corrected chi connectivity index (χ4v) is 5.67. The standard InChI is InChI=1S/C28H16N2/c1-2-7-17-16(6-1)12-15-24-25(17)20-9-5-10-21-26(20)27-22(29-21)14-13-19-18-8-3-4-11-23(18)30(24)28(19)27/h1-15,29H. The van der Waals surface area contributed by atoms with Crippen LogP contribution in [0.3, 0.4) is 0 Å². The number of fused-ring (bicyclic) bond motifs is 8. The highest BCUT2D eigenvalue weighted by Gasteiger charge is 2.20. The lowest BCUT2D eigenvalue weighted by Crippen LogP contribution is -1.86. The summed E-state index contributed by atoms with van der Waals surface area (Å²) in [7, 11) is 0. The zero-order valence-corrected chi connectivity index (χ0v) is 16.1. The van der Waals surface area contributed by atoms with Crippen molar-refractivity contribution >= 4 is 70.7 Å². The van der Waals surface area contributed by atoms with Gasteiger partial charge in [0.25, 0.3) is 0 Å². The van der Waals surface area contributed by atoms with Gasteiger partial charge in [0.2, 0.25) is 0 Å². The van der Waals surface area contributed by atoms with E-state index in [1.54, 1.807) is 0 Å². The van der Waals surface area contributed by atoms with Crippen LogP contribution in [0.2, 0.25) is 0 Å². The third-order valence-electron chi connectivity index (χ3n) is 6.84. The van der Waals surface area contributed by atoms with Crippen LogP contribution in [-0.4, -0.2) is 9.38 Å². The van der Waals surface area contributed by atoms with E-state index in [1.165, 1.54) is 70.7 Å². The number of nitrogens with zero attached hydrogens (tertiary/aromatic N) is 1. The number of benzene rings is 5. The van der Waals surface area contributed by atoms with Crippen LogP contribution in [-0.2, 0) is 0 Å². The largest absolute Gasteiger partial charge is 0.354 e. The molecule has 5 aromatic carbocycles. The molecule has 0 aliphatic carbocycles. The Morgan fingerprint density at radius 1 is 0.467 bits per heavy atom. The van der Waals surface area contributed by atoms with E-state index in [-0.39, 0.29) is 0 Å². The number of rotatable bonds is 0. The van der Waals surface area contributed by atoms with Gasteiger partial charge in [-0.3, -0.25) is 0 Å². The zero-order valence-electron chi connectivity index (χ0n) is 16.1. The second kappa shape index (κ2) is 4.92. The summed E-state index contributed by atoms with van der Waals surface area (Å²) < 4.78 is 2.49. The van der Waals surface area contributed by atoms with Crippen molar-refractivity contribution in [2.24, 2.45) is 0 Å². The van der Waals surface area contributed by atoms with Crippen molar-refractivity contribution in [3.8, 4) is 0 Å². The quantitative estimate of drug-likeness (QED) is 0.279. The van der Waals surface area contributed by atoms with Crippen LogP contribution >= 0.6 is 0 Å². The van der Waals surface area contributed by atoms with Crippen molar-refractivity contribution in [1.29, 1.82) is 0 Å². The van der Waals surface area contributed by atoms with E-state index in [0.717, 1.165) is 0 Å². The summed E-state index contributed by atoms with van der Waals surface area (Å²) in [6.07, 6.45) is 0. The van der Waals surface area contributed by atoms with E-state index in [4.69, 9.17) is 0 Å². The molecule has 0 atom stereocenters. The van der Waals surface area contributed by atoms with Gasteiger partial charge in [0.15, 0.2) is 0 Å². The van der Waals surface area contributed by atoms with Gasteiger partial charge in [0.05, 0.1) is 16.6 Å². The SMILES string of the molecule is c1ccc2c(c1)ccc1c2c2cccc3[nH]c4ccc5c6ccccc6n1c5c4c32. The summed E-state index contributed by atoms with van der Waals surface area (Å²) >= 11 is 0. The molecule has 0 fully saturated rings. The van der Waals surface area contributed by atoms with Crippen LogP contribution in [0.25, 0.3) is 70.7 Å². The third kappa shape index (κ3) is 1.56. The summed E-state index contributed by atoms with van der Waals surface area (Å²) in [6.45, 7) is 0. The van der Waals surface area contributed by atoms with Crippen molar-refractivity contribution in [2.75, 3.05) is 0 Å². The molecule has 2 nitrogen and oxygen atoms in total. The first kappa shape index (κ1) is 14.9. The molecule has 8 rings (SSSR count). The van der Waals surface area contributed by atoms with Gasteiger partial charge < -0.3 is 9.38 Å². The van der Waals surface area contributed by atoms with Crippen molar-refractivity contribution in [3.05, 3.63) is 91.0 Å². The first-order valence-electron chi connectivity index (χ1n) is 10.4. The van der Waals surface area contributed by atoms with Crippen molar-refractivity contribution in [2.45, 2.75) is 0 Å². The second-order valence-electron chi connectivity index (χ2n) is 8.27. The van der Waals surface area contributed by atoms with Gasteiger partial charge in [-0.2, -0.15) is 0 Å². The van der Waals surface area contributed by atoms with Crippen LogP contribution in [0.5, 0.6) is 0 Å². The van der Waals surface area contributed by atoms with Crippen LogP contribution < -0.4 is 0 Å². The monoisotopic (exact) mass is 380 g/mol. The lowest BCUT2D eigenvalue weighted by molar-refractivity contribution is 1.36. The third-order valence-corrected chi connectivity index (χ3v) is 6.84. The second-order valence-corrected chi connectivity index (χ2v) is 8.27. The number of H-pyrrole nitrogens is 1. The van der Waals surface area contributed by atoms with E-state index >= 15 is 0 Å². The van der Waals surface area contributed by atoms with Gasteiger partial charge in [0, 0.05) is 38.0 Å². The maximum absolute atomic E-state index is 3.68. The van der Waals surface area contributed by atoms with Crippen molar-refractivity contribution in [1.82, 2.24) is 9.38 Å². The fraction of sp³-hybridized carbons (Fsp3) is 0. The molecule has 1 N–H and O–H groups in total. The van der Waals surface area contributed by atoms with Gasteiger partial charge in [-0.25, -0.2) is 0 Å². The minimum Gasteiger partial charge on any atom is -0.354 e. The lowest BCUT2D eigenvalue weighted by Gasteiger charge is -2.06. The van der Waals surface area contributed by atoms with E-state index in [0.29, 0.717) is 0 Å². The summed E-state index contributed by atoms with van der Waals surface area (Å²) in [5.74, 6) is 0. The summed E-state index contributed by atoms with van der Waals surface area (Å²) in [6, 6.07) is 33.3. The molecule has 0 spiro atoms. The Kier molecular flexibility index (Phi) is 2.44. The molecule has 3 aromatic heterocycles. The molecule has 138 valence electrons. The predicted molar refractivity (Wildman–Crippen MR) is 128 cm³/mol. The predicted octanol–water partition coefficient (Wildman–Crippen LogP) is 7.62. The summed E-state index contributed by atoms with van der Waals surface area (Å²) in [5, 5.41) is 10.5. The normalized spacial score (nSPS) is 12.7. The maximum atomic E-state index is 3.68. The molecule has 0 unspecified atom stereocenters. The smallest absolute Gasteiger partial charge is 0.0641 e. The molecule has 8 aromatic rings. The maximum Gasteiger partial charge on any atom is 0.0641 e. The minimum absolute atomic E-state index is 1.20. The van der Waals surface area contributed by atoms with Gasteiger partial charge >= 0.3 is 0 Å². The highest BCUT2D eigenvalue weighted by atomic mass is 14.9. The van der Waals surface area contributed by atoms with Gasteiger partial charge in [-0.1, -0.05) is 66.7 Å². The number of hydrogen-bond donors (Lipinski definition) is 1. The minimum atomic E-state index is 1.20. The number of hydrogen-bond acceptors (Lipinski definition) is 0. The highest BCUT2D eigenvalue weighted by Crippen LogP contribution is 2.44. The average molecular weight is 380 g/mol.